The highest BCUT2D eigenvalue weighted by Gasteiger charge is 2.31. The Hall–Kier alpha value is -1.02. The smallest absolute Gasteiger partial charge is 0.123 e. The van der Waals surface area contributed by atoms with E-state index in [9.17, 15) is 0 Å². The van der Waals surface area contributed by atoms with Crippen LogP contribution in [-0.2, 0) is 12.8 Å². The lowest BCUT2D eigenvalue weighted by Gasteiger charge is -2.36. The summed E-state index contributed by atoms with van der Waals surface area (Å²) in [5.74, 6) is 1.14. The van der Waals surface area contributed by atoms with Crippen molar-refractivity contribution >= 4 is 0 Å². The van der Waals surface area contributed by atoms with E-state index in [1.165, 1.54) is 108 Å². The molecule has 2 heteroatoms. The van der Waals surface area contributed by atoms with Gasteiger partial charge in [0.05, 0.1) is 0 Å². The number of fused-ring (bicyclic) bond motifs is 1. The number of aryl methyl sites for hydroxylation is 2. The molecule has 0 aliphatic carbocycles. The van der Waals surface area contributed by atoms with Gasteiger partial charge < -0.3 is 9.64 Å². The Morgan fingerprint density at radius 1 is 0.867 bits per heavy atom. The molecule has 1 aromatic rings. The highest BCUT2D eigenvalue weighted by Crippen LogP contribution is 2.36. The number of benzene rings is 1. The number of ether oxygens (including phenoxy) is 1. The number of rotatable bonds is 16. The standard InChI is InChI=1S/C28H49NO/c1-5-7-9-10-11-12-14-22-29(4)23-15-20-28(3)21-19-26-24-25(16-13-8-6-2)17-18-27(26)30-28/h17-18,24H,5-16,19-23H2,1-4H3. The van der Waals surface area contributed by atoms with Gasteiger partial charge in [-0.25, -0.2) is 0 Å². The van der Waals surface area contributed by atoms with Gasteiger partial charge in [-0.05, 0) is 89.2 Å². The van der Waals surface area contributed by atoms with Gasteiger partial charge >= 0.3 is 0 Å². The van der Waals surface area contributed by atoms with Crippen molar-refractivity contribution in [3.8, 4) is 5.75 Å². The Bertz CT molecular complexity index is 584. The van der Waals surface area contributed by atoms with Crippen LogP contribution in [0, 0.1) is 0 Å². The molecule has 172 valence electrons. The van der Waals surface area contributed by atoms with E-state index in [4.69, 9.17) is 4.74 Å². The number of unbranched alkanes of at least 4 members (excludes halogenated alkanes) is 8. The van der Waals surface area contributed by atoms with E-state index in [1.54, 1.807) is 0 Å². The second-order valence-electron chi connectivity index (χ2n) is 9.98. The summed E-state index contributed by atoms with van der Waals surface area (Å²) in [4.78, 5) is 2.52. The number of nitrogens with zero attached hydrogens (tertiary/aromatic N) is 1. The molecule has 2 rings (SSSR count). The molecule has 1 unspecified atom stereocenters. The summed E-state index contributed by atoms with van der Waals surface area (Å²) in [6, 6.07) is 6.93. The first kappa shape index (κ1) is 25.2. The number of hydrogen-bond donors (Lipinski definition) is 0. The van der Waals surface area contributed by atoms with Crippen LogP contribution in [0.25, 0.3) is 0 Å². The molecule has 1 heterocycles. The summed E-state index contributed by atoms with van der Waals surface area (Å²) >= 11 is 0. The van der Waals surface area contributed by atoms with Gasteiger partial charge in [-0.2, -0.15) is 0 Å². The van der Waals surface area contributed by atoms with Gasteiger partial charge in [0.15, 0.2) is 0 Å². The highest BCUT2D eigenvalue weighted by molar-refractivity contribution is 5.39. The van der Waals surface area contributed by atoms with Crippen LogP contribution in [0.1, 0.15) is 115 Å². The highest BCUT2D eigenvalue weighted by atomic mass is 16.5. The minimum atomic E-state index is 0.0108. The fraction of sp³-hybridized carbons (Fsp3) is 0.786. The van der Waals surface area contributed by atoms with Gasteiger partial charge in [0.25, 0.3) is 0 Å². The fourth-order valence-corrected chi connectivity index (χ4v) is 4.73. The second kappa shape index (κ2) is 14.1. The summed E-state index contributed by atoms with van der Waals surface area (Å²) in [5, 5.41) is 0. The second-order valence-corrected chi connectivity index (χ2v) is 9.98. The molecule has 30 heavy (non-hydrogen) atoms. The molecule has 0 radical (unpaired) electrons. The third-order valence-electron chi connectivity index (χ3n) is 6.86. The molecule has 1 atom stereocenters. The molecule has 0 spiro atoms. The summed E-state index contributed by atoms with van der Waals surface area (Å²) < 4.78 is 6.51. The van der Waals surface area contributed by atoms with Crippen LogP contribution in [0.3, 0.4) is 0 Å². The van der Waals surface area contributed by atoms with Crippen LogP contribution in [0.5, 0.6) is 5.75 Å². The van der Waals surface area contributed by atoms with Crippen molar-refractivity contribution in [3.63, 3.8) is 0 Å². The molecular formula is C28H49NO. The zero-order chi connectivity index (χ0) is 21.7. The molecule has 1 aliphatic rings. The van der Waals surface area contributed by atoms with Crippen molar-refractivity contribution in [1.82, 2.24) is 4.90 Å². The third kappa shape index (κ3) is 9.41. The van der Waals surface area contributed by atoms with Crippen LogP contribution in [0.15, 0.2) is 18.2 Å². The molecule has 1 aliphatic heterocycles. The van der Waals surface area contributed by atoms with Gasteiger partial charge in [0, 0.05) is 0 Å². The molecule has 0 bridgehead atoms. The predicted molar refractivity (Wildman–Crippen MR) is 132 cm³/mol. The first-order valence-electron chi connectivity index (χ1n) is 13.1. The van der Waals surface area contributed by atoms with Crippen molar-refractivity contribution in [2.24, 2.45) is 0 Å². The lowest BCUT2D eigenvalue weighted by Crippen LogP contribution is -2.37. The maximum Gasteiger partial charge on any atom is 0.123 e. The van der Waals surface area contributed by atoms with Crippen LogP contribution in [0.2, 0.25) is 0 Å². The van der Waals surface area contributed by atoms with Gasteiger partial charge in [-0.1, -0.05) is 77.3 Å². The monoisotopic (exact) mass is 415 g/mol. The van der Waals surface area contributed by atoms with Gasteiger partial charge in [-0.3, -0.25) is 0 Å². The van der Waals surface area contributed by atoms with Gasteiger partial charge in [-0.15, -0.1) is 0 Å². The quantitative estimate of drug-likeness (QED) is 0.254. The molecule has 0 amide bonds. The SMILES string of the molecule is CCCCCCCCCN(C)CCCC1(C)CCc2cc(CCCCC)ccc2O1. The van der Waals surface area contributed by atoms with Crippen molar-refractivity contribution in [2.75, 3.05) is 20.1 Å². The minimum absolute atomic E-state index is 0.0108. The van der Waals surface area contributed by atoms with Crippen LogP contribution < -0.4 is 4.74 Å². The maximum absolute atomic E-state index is 6.51. The Kier molecular flexibility index (Phi) is 11.9. The molecular weight excluding hydrogens is 366 g/mol. The summed E-state index contributed by atoms with van der Waals surface area (Å²) in [5.41, 5.74) is 2.93. The third-order valence-corrected chi connectivity index (χ3v) is 6.86. The Morgan fingerprint density at radius 3 is 2.30 bits per heavy atom. The fourth-order valence-electron chi connectivity index (χ4n) is 4.73. The van der Waals surface area contributed by atoms with Crippen LogP contribution >= 0.6 is 0 Å². The van der Waals surface area contributed by atoms with Crippen molar-refractivity contribution < 1.29 is 4.74 Å². The molecule has 0 fully saturated rings. The average Bonchev–Trinajstić information content (AvgIpc) is 2.73. The van der Waals surface area contributed by atoms with E-state index in [0.717, 1.165) is 18.6 Å². The molecule has 0 N–H and O–H groups in total. The summed E-state index contributed by atoms with van der Waals surface area (Å²) in [6.45, 7) is 9.32. The Balaban J connectivity index is 1.64. The average molecular weight is 416 g/mol. The zero-order valence-corrected chi connectivity index (χ0v) is 20.6. The summed E-state index contributed by atoms with van der Waals surface area (Å²) in [7, 11) is 2.29. The number of hydrogen-bond acceptors (Lipinski definition) is 2. The predicted octanol–water partition coefficient (Wildman–Crippen LogP) is 7.97. The molecule has 0 aromatic heterocycles. The maximum atomic E-state index is 6.51. The van der Waals surface area contributed by atoms with E-state index in [1.807, 2.05) is 0 Å². The van der Waals surface area contributed by atoms with Gasteiger partial charge in [0.2, 0.25) is 0 Å². The lowest BCUT2D eigenvalue weighted by atomic mass is 9.88. The van der Waals surface area contributed by atoms with Crippen LogP contribution in [0.4, 0.5) is 0 Å². The molecule has 0 saturated carbocycles. The Labute approximate surface area is 187 Å². The lowest BCUT2D eigenvalue weighted by molar-refractivity contribution is 0.0516. The van der Waals surface area contributed by atoms with Crippen molar-refractivity contribution in [1.29, 1.82) is 0 Å². The largest absolute Gasteiger partial charge is 0.487 e. The zero-order valence-electron chi connectivity index (χ0n) is 20.6. The van der Waals surface area contributed by atoms with Crippen molar-refractivity contribution in [2.45, 2.75) is 123 Å². The first-order chi connectivity index (χ1) is 14.6. The van der Waals surface area contributed by atoms with Crippen LogP contribution in [-0.4, -0.2) is 30.6 Å². The summed E-state index contributed by atoms with van der Waals surface area (Å²) in [6.07, 6.45) is 19.6. The van der Waals surface area contributed by atoms with E-state index in [2.05, 4.69) is 50.9 Å². The normalized spacial score (nSPS) is 18.4. The van der Waals surface area contributed by atoms with E-state index in [0.29, 0.717) is 0 Å². The topological polar surface area (TPSA) is 12.5 Å². The minimum Gasteiger partial charge on any atom is -0.487 e. The molecule has 2 nitrogen and oxygen atoms in total. The van der Waals surface area contributed by atoms with E-state index >= 15 is 0 Å². The first-order valence-corrected chi connectivity index (χ1v) is 13.1. The Morgan fingerprint density at radius 2 is 1.53 bits per heavy atom. The van der Waals surface area contributed by atoms with Crippen molar-refractivity contribution in [3.05, 3.63) is 29.3 Å². The van der Waals surface area contributed by atoms with E-state index in [-0.39, 0.29) is 5.60 Å². The van der Waals surface area contributed by atoms with Gasteiger partial charge in [0.1, 0.15) is 11.4 Å². The molecule has 1 aromatic carbocycles. The molecule has 0 saturated heterocycles. The van der Waals surface area contributed by atoms with E-state index < -0.39 is 0 Å².